The van der Waals surface area contributed by atoms with E-state index in [0.717, 1.165) is 5.56 Å². The number of hydrazine groups is 1. The van der Waals surface area contributed by atoms with E-state index in [2.05, 4.69) is 5.43 Å². The second kappa shape index (κ2) is 5.37. The summed E-state index contributed by atoms with van der Waals surface area (Å²) < 4.78 is 0. The van der Waals surface area contributed by atoms with Crippen LogP contribution in [0.4, 0.5) is 0 Å². The van der Waals surface area contributed by atoms with E-state index in [1.807, 2.05) is 12.1 Å². The number of hydrogen-bond acceptors (Lipinski definition) is 2. The normalized spacial score (nSPS) is 18.9. The fourth-order valence-corrected chi connectivity index (χ4v) is 3.05. The molecule has 1 unspecified atom stereocenters. The standard InChI is InChI=1S/C12H16Cl2N2/c13-9-5-6-10(11(14)7-9)12(16-15)8-3-1-2-4-8/h5-8,12,16H,1-4,15H2. The zero-order chi connectivity index (χ0) is 11.5. The number of halogens is 2. The van der Waals surface area contributed by atoms with Gasteiger partial charge in [-0.1, -0.05) is 42.1 Å². The van der Waals surface area contributed by atoms with Gasteiger partial charge in [0.05, 0.1) is 6.04 Å². The highest BCUT2D eigenvalue weighted by Gasteiger charge is 2.26. The molecule has 1 aromatic rings. The highest BCUT2D eigenvalue weighted by molar-refractivity contribution is 6.35. The summed E-state index contributed by atoms with van der Waals surface area (Å²) in [5.41, 5.74) is 3.95. The Labute approximate surface area is 106 Å². The molecule has 16 heavy (non-hydrogen) atoms. The monoisotopic (exact) mass is 258 g/mol. The van der Waals surface area contributed by atoms with Crippen molar-refractivity contribution in [1.82, 2.24) is 5.43 Å². The number of nitrogens with one attached hydrogen (secondary N) is 1. The zero-order valence-electron chi connectivity index (χ0n) is 9.05. The van der Waals surface area contributed by atoms with Crippen molar-refractivity contribution < 1.29 is 0 Å². The molecule has 1 atom stereocenters. The first-order valence-corrected chi connectivity index (χ1v) is 6.39. The third-order valence-electron chi connectivity index (χ3n) is 3.35. The van der Waals surface area contributed by atoms with Gasteiger partial charge in [-0.25, -0.2) is 0 Å². The molecule has 2 nitrogen and oxygen atoms in total. The molecule has 3 N–H and O–H groups in total. The number of nitrogens with two attached hydrogens (primary N) is 1. The highest BCUT2D eigenvalue weighted by atomic mass is 35.5. The Morgan fingerprint density at radius 3 is 2.50 bits per heavy atom. The first-order valence-electron chi connectivity index (χ1n) is 5.63. The average Bonchev–Trinajstić information content (AvgIpc) is 2.75. The summed E-state index contributed by atoms with van der Waals surface area (Å²) in [4.78, 5) is 0. The highest BCUT2D eigenvalue weighted by Crippen LogP contribution is 2.38. The Hall–Kier alpha value is -0.280. The molecule has 88 valence electrons. The lowest BCUT2D eigenvalue weighted by Crippen LogP contribution is -2.32. The van der Waals surface area contributed by atoms with Crippen molar-refractivity contribution in [3.05, 3.63) is 33.8 Å². The molecule has 0 saturated heterocycles. The molecule has 1 aromatic carbocycles. The molecule has 1 aliphatic rings. The van der Waals surface area contributed by atoms with Crippen molar-refractivity contribution in [3.63, 3.8) is 0 Å². The largest absolute Gasteiger partial charge is 0.271 e. The van der Waals surface area contributed by atoms with Crippen LogP contribution in [0.15, 0.2) is 18.2 Å². The molecule has 0 spiro atoms. The predicted octanol–water partition coefficient (Wildman–Crippen LogP) is 3.69. The SMILES string of the molecule is NNC(c1ccc(Cl)cc1Cl)C1CCCC1. The summed E-state index contributed by atoms with van der Waals surface area (Å²) in [6.45, 7) is 0. The summed E-state index contributed by atoms with van der Waals surface area (Å²) in [5, 5.41) is 1.36. The zero-order valence-corrected chi connectivity index (χ0v) is 10.6. The first kappa shape index (κ1) is 12.2. The first-order chi connectivity index (χ1) is 7.72. The van der Waals surface area contributed by atoms with Crippen LogP contribution in [0.5, 0.6) is 0 Å². The van der Waals surface area contributed by atoms with Crippen molar-refractivity contribution >= 4 is 23.2 Å². The van der Waals surface area contributed by atoms with Crippen LogP contribution < -0.4 is 11.3 Å². The van der Waals surface area contributed by atoms with E-state index < -0.39 is 0 Å². The summed E-state index contributed by atoms with van der Waals surface area (Å²) in [5.74, 6) is 6.24. The average molecular weight is 259 g/mol. The molecule has 0 bridgehead atoms. The quantitative estimate of drug-likeness (QED) is 0.641. The Morgan fingerprint density at radius 1 is 1.25 bits per heavy atom. The van der Waals surface area contributed by atoms with E-state index in [9.17, 15) is 0 Å². The molecule has 0 heterocycles. The van der Waals surface area contributed by atoms with Gasteiger partial charge in [0, 0.05) is 10.0 Å². The van der Waals surface area contributed by atoms with Gasteiger partial charge in [0.25, 0.3) is 0 Å². The van der Waals surface area contributed by atoms with Gasteiger partial charge in [0.1, 0.15) is 0 Å². The molecule has 0 aromatic heterocycles. The maximum atomic E-state index is 6.20. The minimum atomic E-state index is 0.146. The molecular formula is C12H16Cl2N2. The van der Waals surface area contributed by atoms with Gasteiger partial charge in [-0.05, 0) is 36.5 Å². The van der Waals surface area contributed by atoms with Gasteiger partial charge in [-0.2, -0.15) is 0 Å². The van der Waals surface area contributed by atoms with Crippen molar-refractivity contribution in [2.45, 2.75) is 31.7 Å². The van der Waals surface area contributed by atoms with Gasteiger partial charge >= 0.3 is 0 Å². The van der Waals surface area contributed by atoms with Crippen LogP contribution in [0.3, 0.4) is 0 Å². The Bertz CT molecular complexity index is 362. The molecule has 4 heteroatoms. The molecule has 0 radical (unpaired) electrons. The Morgan fingerprint density at radius 2 is 1.94 bits per heavy atom. The van der Waals surface area contributed by atoms with Crippen LogP contribution >= 0.6 is 23.2 Å². The van der Waals surface area contributed by atoms with Gasteiger partial charge in [-0.15, -0.1) is 0 Å². The maximum Gasteiger partial charge on any atom is 0.0502 e. The fourth-order valence-electron chi connectivity index (χ4n) is 2.52. The predicted molar refractivity (Wildman–Crippen MR) is 68.5 cm³/mol. The molecule has 0 amide bonds. The topological polar surface area (TPSA) is 38.0 Å². The summed E-state index contributed by atoms with van der Waals surface area (Å²) >= 11 is 12.1. The number of benzene rings is 1. The van der Waals surface area contributed by atoms with Crippen LogP contribution in [0, 0.1) is 5.92 Å². The molecule has 1 aliphatic carbocycles. The molecule has 1 fully saturated rings. The third kappa shape index (κ3) is 2.51. The second-order valence-corrected chi connectivity index (χ2v) is 5.20. The van der Waals surface area contributed by atoms with E-state index in [0.29, 0.717) is 16.0 Å². The molecule has 0 aliphatic heterocycles. The van der Waals surface area contributed by atoms with Crippen LogP contribution in [0.25, 0.3) is 0 Å². The van der Waals surface area contributed by atoms with E-state index in [1.54, 1.807) is 6.07 Å². The maximum absolute atomic E-state index is 6.20. The van der Waals surface area contributed by atoms with E-state index in [4.69, 9.17) is 29.0 Å². The lowest BCUT2D eigenvalue weighted by atomic mass is 9.92. The summed E-state index contributed by atoms with van der Waals surface area (Å²) in [7, 11) is 0. The number of rotatable bonds is 3. The van der Waals surface area contributed by atoms with E-state index in [-0.39, 0.29) is 6.04 Å². The minimum Gasteiger partial charge on any atom is -0.271 e. The fraction of sp³-hybridized carbons (Fsp3) is 0.500. The minimum absolute atomic E-state index is 0.146. The van der Waals surface area contributed by atoms with Crippen LogP contribution in [-0.4, -0.2) is 0 Å². The van der Waals surface area contributed by atoms with Gasteiger partial charge < -0.3 is 0 Å². The van der Waals surface area contributed by atoms with Crippen LogP contribution in [-0.2, 0) is 0 Å². The molecule has 2 rings (SSSR count). The lowest BCUT2D eigenvalue weighted by molar-refractivity contribution is 0.373. The summed E-state index contributed by atoms with van der Waals surface area (Å²) in [6.07, 6.45) is 5.00. The molecule has 1 saturated carbocycles. The Balaban J connectivity index is 2.25. The summed E-state index contributed by atoms with van der Waals surface area (Å²) in [6, 6.07) is 5.75. The van der Waals surface area contributed by atoms with Crippen LogP contribution in [0.2, 0.25) is 10.0 Å². The lowest BCUT2D eigenvalue weighted by Gasteiger charge is -2.24. The third-order valence-corrected chi connectivity index (χ3v) is 3.91. The smallest absolute Gasteiger partial charge is 0.0502 e. The van der Waals surface area contributed by atoms with E-state index >= 15 is 0 Å². The van der Waals surface area contributed by atoms with Crippen molar-refractivity contribution in [2.75, 3.05) is 0 Å². The van der Waals surface area contributed by atoms with E-state index in [1.165, 1.54) is 25.7 Å². The van der Waals surface area contributed by atoms with Gasteiger partial charge in [0.15, 0.2) is 0 Å². The van der Waals surface area contributed by atoms with Crippen molar-refractivity contribution in [2.24, 2.45) is 11.8 Å². The van der Waals surface area contributed by atoms with Crippen LogP contribution in [0.1, 0.15) is 37.3 Å². The second-order valence-electron chi connectivity index (χ2n) is 4.35. The van der Waals surface area contributed by atoms with Crippen molar-refractivity contribution in [1.29, 1.82) is 0 Å². The van der Waals surface area contributed by atoms with Crippen molar-refractivity contribution in [3.8, 4) is 0 Å². The Kier molecular flexibility index (Phi) is 4.09. The van der Waals surface area contributed by atoms with Gasteiger partial charge in [0.2, 0.25) is 0 Å². The van der Waals surface area contributed by atoms with Gasteiger partial charge in [-0.3, -0.25) is 11.3 Å². The number of hydrogen-bond donors (Lipinski definition) is 2. The molecular weight excluding hydrogens is 243 g/mol.